The van der Waals surface area contributed by atoms with E-state index in [1.807, 2.05) is 32.0 Å². The Morgan fingerprint density at radius 1 is 1.36 bits per heavy atom. The lowest BCUT2D eigenvalue weighted by Gasteiger charge is -1.84. The van der Waals surface area contributed by atoms with Crippen LogP contribution in [0.1, 0.15) is 18.1 Å². The van der Waals surface area contributed by atoms with Crippen molar-refractivity contribution in [2.24, 2.45) is 0 Å². The lowest BCUT2D eigenvalue weighted by Crippen LogP contribution is -1.98. The zero-order chi connectivity index (χ0) is 8.27. The fraction of sp³-hybridized carbons (Fsp3) is 0.300. The van der Waals surface area contributed by atoms with Gasteiger partial charge in [0.15, 0.2) is 5.43 Å². The largest absolute Gasteiger partial charge is 0.290 e. The fourth-order valence-electron chi connectivity index (χ4n) is 0.948. The SMILES string of the molecule is CCc1cccc(C)c(=O)c1. The Morgan fingerprint density at radius 3 is 2.73 bits per heavy atom. The second kappa shape index (κ2) is 3.33. The molecule has 0 N–H and O–H groups in total. The lowest BCUT2D eigenvalue weighted by molar-refractivity contribution is 1.14. The van der Waals surface area contributed by atoms with Crippen molar-refractivity contribution >= 4 is 0 Å². The molecule has 0 saturated carbocycles. The highest BCUT2D eigenvalue weighted by molar-refractivity contribution is 5.19. The third-order valence-corrected chi connectivity index (χ3v) is 1.77. The maximum Gasteiger partial charge on any atom is 0.181 e. The van der Waals surface area contributed by atoms with Crippen molar-refractivity contribution in [3.05, 3.63) is 45.6 Å². The molecule has 1 heteroatoms. The molecule has 0 aliphatic carbocycles. The molecule has 0 heterocycles. The summed E-state index contributed by atoms with van der Waals surface area (Å²) in [6.45, 7) is 3.88. The molecule has 0 radical (unpaired) electrons. The molecule has 1 aromatic rings. The average Bonchev–Trinajstić information content (AvgIpc) is 2.15. The molecule has 0 atom stereocenters. The smallest absolute Gasteiger partial charge is 0.181 e. The zero-order valence-corrected chi connectivity index (χ0v) is 6.92. The summed E-state index contributed by atoms with van der Waals surface area (Å²) in [6, 6.07) is 7.46. The van der Waals surface area contributed by atoms with Crippen molar-refractivity contribution in [1.82, 2.24) is 0 Å². The molecular formula is C10H12O. The summed E-state index contributed by atoms with van der Waals surface area (Å²) >= 11 is 0. The van der Waals surface area contributed by atoms with Gasteiger partial charge < -0.3 is 0 Å². The molecule has 0 aliphatic rings. The number of hydrogen-bond donors (Lipinski definition) is 0. The zero-order valence-electron chi connectivity index (χ0n) is 6.92. The van der Waals surface area contributed by atoms with Crippen LogP contribution in [0.2, 0.25) is 0 Å². The van der Waals surface area contributed by atoms with E-state index in [1.54, 1.807) is 6.07 Å². The van der Waals surface area contributed by atoms with Crippen LogP contribution in [-0.4, -0.2) is 0 Å². The minimum Gasteiger partial charge on any atom is -0.290 e. The van der Waals surface area contributed by atoms with Crippen molar-refractivity contribution in [2.75, 3.05) is 0 Å². The molecule has 1 aromatic carbocycles. The third kappa shape index (κ3) is 1.90. The van der Waals surface area contributed by atoms with Crippen LogP contribution in [0, 0.1) is 6.92 Å². The van der Waals surface area contributed by atoms with Gasteiger partial charge in [0.2, 0.25) is 0 Å². The monoisotopic (exact) mass is 148 g/mol. The highest BCUT2D eigenvalue weighted by atomic mass is 16.1. The Hall–Kier alpha value is -1.11. The number of aryl methyl sites for hydroxylation is 2. The van der Waals surface area contributed by atoms with Crippen LogP contribution in [-0.2, 0) is 6.42 Å². The van der Waals surface area contributed by atoms with Crippen molar-refractivity contribution in [3.63, 3.8) is 0 Å². The number of rotatable bonds is 1. The summed E-state index contributed by atoms with van der Waals surface area (Å²) in [5.74, 6) is 0. The van der Waals surface area contributed by atoms with Crippen LogP contribution in [0.15, 0.2) is 29.1 Å². The van der Waals surface area contributed by atoms with Gasteiger partial charge in [0.25, 0.3) is 0 Å². The van der Waals surface area contributed by atoms with E-state index in [1.165, 1.54) is 0 Å². The summed E-state index contributed by atoms with van der Waals surface area (Å²) in [6.07, 6.45) is 0.920. The minimum atomic E-state index is 0.131. The van der Waals surface area contributed by atoms with E-state index in [0.29, 0.717) is 0 Å². The van der Waals surface area contributed by atoms with E-state index < -0.39 is 0 Å². The van der Waals surface area contributed by atoms with Gasteiger partial charge in [0, 0.05) is 0 Å². The molecule has 0 amide bonds. The summed E-state index contributed by atoms with van der Waals surface area (Å²) < 4.78 is 0. The van der Waals surface area contributed by atoms with E-state index in [4.69, 9.17) is 0 Å². The molecule has 11 heavy (non-hydrogen) atoms. The summed E-state index contributed by atoms with van der Waals surface area (Å²) in [4.78, 5) is 11.2. The van der Waals surface area contributed by atoms with Gasteiger partial charge in [0.05, 0.1) is 0 Å². The van der Waals surface area contributed by atoms with Crippen molar-refractivity contribution < 1.29 is 0 Å². The van der Waals surface area contributed by atoms with Crippen LogP contribution >= 0.6 is 0 Å². The quantitative estimate of drug-likeness (QED) is 0.594. The highest BCUT2D eigenvalue weighted by Gasteiger charge is 1.90. The van der Waals surface area contributed by atoms with E-state index >= 15 is 0 Å². The molecule has 0 spiro atoms. The molecule has 1 nitrogen and oxygen atoms in total. The second-order valence-corrected chi connectivity index (χ2v) is 2.65. The summed E-state index contributed by atoms with van der Waals surface area (Å²) in [5, 5.41) is 0. The summed E-state index contributed by atoms with van der Waals surface area (Å²) in [7, 11) is 0. The first-order valence-corrected chi connectivity index (χ1v) is 3.84. The molecule has 1 rings (SSSR count). The van der Waals surface area contributed by atoms with Gasteiger partial charge in [-0.3, -0.25) is 4.79 Å². The van der Waals surface area contributed by atoms with Crippen molar-refractivity contribution in [1.29, 1.82) is 0 Å². The lowest BCUT2D eigenvalue weighted by atomic mass is 10.2. The first kappa shape index (κ1) is 7.99. The normalized spacial score (nSPS) is 9.64. The summed E-state index contributed by atoms with van der Waals surface area (Å²) in [5.41, 5.74) is 2.04. The molecule has 58 valence electrons. The third-order valence-electron chi connectivity index (χ3n) is 1.77. The Morgan fingerprint density at radius 2 is 2.09 bits per heavy atom. The van der Waals surface area contributed by atoms with Gasteiger partial charge in [-0.2, -0.15) is 0 Å². The number of hydrogen-bond acceptors (Lipinski definition) is 1. The Kier molecular flexibility index (Phi) is 2.42. The maximum atomic E-state index is 11.2. The van der Waals surface area contributed by atoms with Crippen LogP contribution in [0.3, 0.4) is 0 Å². The van der Waals surface area contributed by atoms with Crippen LogP contribution in [0.5, 0.6) is 0 Å². The predicted octanol–water partition coefficient (Wildman–Crippen LogP) is 1.92. The van der Waals surface area contributed by atoms with Gasteiger partial charge >= 0.3 is 0 Å². The van der Waals surface area contributed by atoms with Gasteiger partial charge in [-0.05, 0) is 30.5 Å². The Bertz CT molecular complexity index is 302. The molecule has 0 unspecified atom stereocenters. The fourth-order valence-corrected chi connectivity index (χ4v) is 0.948. The maximum absolute atomic E-state index is 11.2. The Labute approximate surface area is 66.7 Å². The van der Waals surface area contributed by atoms with Gasteiger partial charge in [-0.1, -0.05) is 25.1 Å². The molecule has 0 aromatic heterocycles. The van der Waals surface area contributed by atoms with Gasteiger partial charge in [-0.25, -0.2) is 0 Å². The van der Waals surface area contributed by atoms with Crippen LogP contribution < -0.4 is 5.43 Å². The van der Waals surface area contributed by atoms with Crippen molar-refractivity contribution in [2.45, 2.75) is 20.3 Å². The predicted molar refractivity (Wildman–Crippen MR) is 46.8 cm³/mol. The second-order valence-electron chi connectivity index (χ2n) is 2.65. The van der Waals surface area contributed by atoms with E-state index in [2.05, 4.69) is 0 Å². The van der Waals surface area contributed by atoms with E-state index in [0.717, 1.165) is 17.5 Å². The van der Waals surface area contributed by atoms with Crippen molar-refractivity contribution in [3.8, 4) is 0 Å². The topological polar surface area (TPSA) is 17.1 Å². The standard InChI is InChI=1S/C10H12O/c1-3-9-6-4-5-8(2)10(11)7-9/h4-7H,3H2,1-2H3. The Balaban J connectivity index is 3.32. The first-order valence-electron chi connectivity index (χ1n) is 3.84. The molecule has 0 saturated heterocycles. The minimum absolute atomic E-state index is 0.131. The first-order chi connectivity index (χ1) is 5.24. The molecular weight excluding hydrogens is 136 g/mol. The molecule has 0 aliphatic heterocycles. The van der Waals surface area contributed by atoms with Gasteiger partial charge in [0.1, 0.15) is 0 Å². The van der Waals surface area contributed by atoms with E-state index in [9.17, 15) is 4.79 Å². The highest BCUT2D eigenvalue weighted by Crippen LogP contribution is 1.95. The molecule has 0 fully saturated rings. The molecule has 0 bridgehead atoms. The van der Waals surface area contributed by atoms with Crippen LogP contribution in [0.4, 0.5) is 0 Å². The van der Waals surface area contributed by atoms with Crippen LogP contribution in [0.25, 0.3) is 0 Å². The van der Waals surface area contributed by atoms with E-state index in [-0.39, 0.29) is 5.43 Å². The van der Waals surface area contributed by atoms with Gasteiger partial charge in [-0.15, -0.1) is 0 Å². The average molecular weight is 148 g/mol.